The molecule has 0 amide bonds. The number of carbonyl (C=O) groups excluding carboxylic acids is 2. The number of fused-ring (bicyclic) bond motifs is 2. The summed E-state index contributed by atoms with van der Waals surface area (Å²) in [6.07, 6.45) is 1.50. The maximum absolute atomic E-state index is 8.35. The molecule has 0 atom stereocenters. The van der Waals surface area contributed by atoms with Crippen molar-refractivity contribution in [3.8, 4) is 0 Å². The normalized spacial score (nSPS) is 8.85. The summed E-state index contributed by atoms with van der Waals surface area (Å²) >= 11 is 5.90. The molecule has 20 heavy (non-hydrogen) atoms. The third-order valence-electron chi connectivity index (χ3n) is 2.78. The lowest BCUT2D eigenvalue weighted by Crippen LogP contribution is -1.94. The monoisotopic (exact) mass is 286 g/mol. The Kier molecular flexibility index (Phi) is 6.08. The van der Waals surface area contributed by atoms with Crippen molar-refractivity contribution in [2.75, 3.05) is 0 Å². The zero-order valence-corrected chi connectivity index (χ0v) is 11.2. The fourth-order valence-corrected chi connectivity index (χ4v) is 2.35. The van der Waals surface area contributed by atoms with Gasteiger partial charge in [0.1, 0.15) is 0 Å². The molecule has 1 aliphatic carbocycles. The molecule has 2 aromatic carbocycles. The minimum atomic E-state index is 0.595. The topological polar surface area (TPSA) is 81.8 Å². The Morgan fingerprint density at radius 3 is 1.90 bits per heavy atom. The van der Waals surface area contributed by atoms with E-state index in [0.717, 1.165) is 12.2 Å². The molecule has 0 unspecified atom stereocenters. The number of hydrogen-bond donors (Lipinski definition) is 2. The molecule has 0 radical (unpaired) electrons. The number of alkyl halides is 1. The van der Waals surface area contributed by atoms with Crippen molar-refractivity contribution in [2.24, 2.45) is 0 Å². The highest BCUT2D eigenvalue weighted by atomic mass is 35.5. The van der Waals surface area contributed by atoms with Crippen LogP contribution in [-0.2, 0) is 15.5 Å². The van der Waals surface area contributed by atoms with E-state index in [2.05, 4.69) is 42.5 Å². The van der Waals surface area contributed by atoms with Gasteiger partial charge in [-0.1, -0.05) is 42.5 Å². The zero-order chi connectivity index (χ0) is 15.0. The van der Waals surface area contributed by atoms with Gasteiger partial charge in [-0.15, -0.1) is 11.6 Å². The lowest BCUT2D eigenvalue weighted by atomic mass is 9.98. The molecule has 0 saturated heterocycles. The maximum atomic E-state index is 8.35. The highest BCUT2D eigenvalue weighted by Gasteiger charge is 2.04. The molecule has 0 spiro atoms. The summed E-state index contributed by atoms with van der Waals surface area (Å²) in [4.78, 5) is 16.7. The van der Waals surface area contributed by atoms with Crippen LogP contribution in [0.5, 0.6) is 0 Å². The van der Waals surface area contributed by atoms with Crippen molar-refractivity contribution in [2.45, 2.75) is 5.88 Å². The van der Waals surface area contributed by atoms with Gasteiger partial charge in [0.25, 0.3) is 0 Å². The van der Waals surface area contributed by atoms with Crippen molar-refractivity contribution >= 4 is 23.8 Å². The molecule has 1 aliphatic rings. The second kappa shape index (κ2) is 7.82. The van der Waals surface area contributed by atoms with E-state index in [1.165, 1.54) is 26.4 Å². The largest absolute Gasteiger partial charge is 0.231 e. The number of nitrogens with one attached hydrogen (secondary N) is 2. The second-order valence-electron chi connectivity index (χ2n) is 3.72. The first-order valence-corrected chi connectivity index (χ1v) is 6.13. The van der Waals surface area contributed by atoms with Crippen LogP contribution < -0.4 is 0 Å². The second-order valence-corrected chi connectivity index (χ2v) is 3.99. The minimum absolute atomic E-state index is 0.595. The smallest absolute Gasteiger partial charge is 0.222 e. The van der Waals surface area contributed by atoms with E-state index < -0.39 is 0 Å². The molecule has 3 rings (SSSR count). The van der Waals surface area contributed by atoms with Crippen molar-refractivity contribution in [3.63, 3.8) is 0 Å². The van der Waals surface area contributed by atoms with E-state index in [0.29, 0.717) is 5.88 Å². The van der Waals surface area contributed by atoms with Gasteiger partial charge >= 0.3 is 0 Å². The Hall–Kier alpha value is -2.51. The van der Waals surface area contributed by atoms with Gasteiger partial charge in [0, 0.05) is 5.88 Å². The van der Waals surface area contributed by atoms with Gasteiger partial charge in [-0.2, -0.15) is 0 Å². The summed E-state index contributed by atoms with van der Waals surface area (Å²) < 4.78 is 0. The Bertz CT molecular complexity index is 838. The summed E-state index contributed by atoms with van der Waals surface area (Å²) in [5.74, 6) is 0.595. The molecule has 2 N–H and O–H groups in total. The van der Waals surface area contributed by atoms with Crippen LogP contribution in [0.25, 0.3) is 0 Å². The third kappa shape index (κ3) is 3.08. The lowest BCUT2D eigenvalue weighted by Gasteiger charge is -2.07. The fourth-order valence-electron chi connectivity index (χ4n) is 2.13. The third-order valence-corrected chi connectivity index (χ3v) is 3.07. The fraction of sp³-hybridized carbons (Fsp3) is 0.0667. The SMILES string of the molecule is ClCc1cccc2c1=c1ccccc1=2.N=C=O.N=C=O. The number of hydrogen-bond acceptors (Lipinski definition) is 4. The van der Waals surface area contributed by atoms with Crippen molar-refractivity contribution in [1.82, 2.24) is 0 Å². The van der Waals surface area contributed by atoms with Crippen molar-refractivity contribution < 1.29 is 9.59 Å². The summed E-state index contributed by atoms with van der Waals surface area (Å²) in [7, 11) is 0. The first-order valence-electron chi connectivity index (χ1n) is 5.60. The molecule has 0 aromatic heterocycles. The van der Waals surface area contributed by atoms with Gasteiger partial charge < -0.3 is 0 Å². The van der Waals surface area contributed by atoms with Gasteiger partial charge in [-0.3, -0.25) is 0 Å². The van der Waals surface area contributed by atoms with E-state index >= 15 is 0 Å². The Morgan fingerprint density at radius 2 is 1.35 bits per heavy atom. The van der Waals surface area contributed by atoms with Gasteiger partial charge in [0.2, 0.25) is 12.2 Å². The van der Waals surface area contributed by atoms with E-state index in [-0.39, 0.29) is 0 Å². The molecule has 4 nitrogen and oxygen atoms in total. The maximum Gasteiger partial charge on any atom is 0.231 e. The molecule has 0 fully saturated rings. The average molecular weight is 287 g/mol. The summed E-state index contributed by atoms with van der Waals surface area (Å²) in [6.45, 7) is 0. The molecule has 100 valence electrons. The highest BCUT2D eigenvalue weighted by molar-refractivity contribution is 6.17. The highest BCUT2D eigenvalue weighted by Crippen LogP contribution is 2.17. The molecule has 0 bridgehead atoms. The summed E-state index contributed by atoms with van der Waals surface area (Å²) in [6, 6.07) is 14.8. The van der Waals surface area contributed by atoms with Crippen LogP contribution >= 0.6 is 11.6 Å². The minimum Gasteiger partial charge on any atom is -0.222 e. The number of benzene rings is 2. The van der Waals surface area contributed by atoms with Crippen molar-refractivity contribution in [3.05, 3.63) is 68.9 Å². The van der Waals surface area contributed by atoms with Crippen molar-refractivity contribution in [1.29, 1.82) is 10.8 Å². The molecule has 2 aromatic rings. The quantitative estimate of drug-likeness (QED) is 0.409. The van der Waals surface area contributed by atoms with Crippen LogP contribution in [-0.4, -0.2) is 12.2 Å². The number of rotatable bonds is 1. The van der Waals surface area contributed by atoms with Gasteiger partial charge in [0.05, 0.1) is 0 Å². The Morgan fingerprint density at radius 1 is 0.850 bits per heavy atom. The number of halogens is 1. The van der Waals surface area contributed by atoms with E-state index in [1.54, 1.807) is 0 Å². The molecular formula is C15H11ClN2O2. The first kappa shape index (κ1) is 15.5. The summed E-state index contributed by atoms with van der Waals surface area (Å²) in [5, 5.41) is 16.2. The van der Waals surface area contributed by atoms with E-state index in [4.69, 9.17) is 32.0 Å². The Labute approximate surface area is 119 Å². The molecule has 5 heteroatoms. The predicted molar refractivity (Wildman–Crippen MR) is 74.6 cm³/mol. The van der Waals surface area contributed by atoms with Gasteiger partial charge in [0.15, 0.2) is 0 Å². The zero-order valence-electron chi connectivity index (χ0n) is 10.4. The average Bonchev–Trinajstić information content (AvgIpc) is 2.45. The van der Waals surface area contributed by atoms with Gasteiger partial charge in [-0.05, 0) is 26.4 Å². The van der Waals surface area contributed by atoms with Crippen LogP contribution in [0.15, 0.2) is 42.5 Å². The molecule has 0 heterocycles. The van der Waals surface area contributed by atoms with E-state index in [1.807, 2.05) is 0 Å². The summed E-state index contributed by atoms with van der Waals surface area (Å²) in [5.41, 5.74) is 1.24. The molecule has 0 saturated carbocycles. The van der Waals surface area contributed by atoms with E-state index in [9.17, 15) is 0 Å². The first-order chi connectivity index (χ1) is 9.74. The standard InChI is InChI=1S/C13H9Cl.2CHNO/c14-8-9-4-3-7-12-10-5-1-2-6-11(10)13(9)12;2*2-1-3/h1-7H,8H2;2*2H. The molecule has 0 aliphatic heterocycles. The molecular weight excluding hydrogens is 276 g/mol. The van der Waals surface area contributed by atoms with Gasteiger partial charge in [-0.25, -0.2) is 20.4 Å². The number of isocyanates is 2. The lowest BCUT2D eigenvalue weighted by molar-refractivity contribution is 0.562. The predicted octanol–water partition coefficient (Wildman–Crippen LogP) is 3.11. The van der Waals surface area contributed by atoms with Crippen LogP contribution in [0.4, 0.5) is 0 Å². The van der Waals surface area contributed by atoms with Crippen LogP contribution in [0.3, 0.4) is 0 Å². The van der Waals surface area contributed by atoms with Crippen LogP contribution in [0.1, 0.15) is 5.56 Å². The van der Waals surface area contributed by atoms with Crippen LogP contribution in [0, 0.1) is 31.7 Å². The van der Waals surface area contributed by atoms with Crippen LogP contribution in [0.2, 0.25) is 0 Å². The Balaban J connectivity index is 0.000000290.